The first-order valence-electron chi connectivity index (χ1n) is 6.69. The highest BCUT2D eigenvalue weighted by atomic mass is 19.1. The molecule has 0 unspecified atom stereocenters. The number of benzene rings is 1. The van der Waals surface area contributed by atoms with Gasteiger partial charge in [-0.25, -0.2) is 9.37 Å². The average Bonchev–Trinajstić information content (AvgIpc) is 2.92. The maximum Gasteiger partial charge on any atom is 0.265 e. The number of nitrogens with zero attached hydrogens (tertiary/aromatic N) is 3. The van der Waals surface area contributed by atoms with Crippen molar-refractivity contribution in [3.63, 3.8) is 0 Å². The van der Waals surface area contributed by atoms with Gasteiger partial charge in [-0.05, 0) is 37.6 Å². The molecule has 0 amide bonds. The SMILES string of the molecule is CCNc1cn2ccnc2c(Oc2ccc(F)c(C)c2)n1. The van der Waals surface area contributed by atoms with E-state index < -0.39 is 0 Å². The lowest BCUT2D eigenvalue weighted by Crippen LogP contribution is -2.03. The third-order valence-electron chi connectivity index (χ3n) is 3.05. The molecule has 0 radical (unpaired) electrons. The molecule has 108 valence electrons. The minimum Gasteiger partial charge on any atom is -0.436 e. The molecule has 21 heavy (non-hydrogen) atoms. The standard InChI is InChI=1S/C15H15FN4O/c1-3-17-13-9-20-7-6-18-14(20)15(19-13)21-11-4-5-12(16)10(2)8-11/h4-9,17H,3H2,1-2H3. The Hall–Kier alpha value is -2.63. The molecule has 0 bridgehead atoms. The van der Waals surface area contributed by atoms with Crippen molar-refractivity contribution in [1.29, 1.82) is 0 Å². The topological polar surface area (TPSA) is 51.5 Å². The van der Waals surface area contributed by atoms with Crippen molar-refractivity contribution >= 4 is 11.5 Å². The molecule has 0 atom stereocenters. The van der Waals surface area contributed by atoms with Gasteiger partial charge in [0.25, 0.3) is 5.88 Å². The molecule has 0 aliphatic heterocycles. The Morgan fingerprint density at radius 2 is 2.24 bits per heavy atom. The number of aromatic nitrogens is 3. The van der Waals surface area contributed by atoms with Gasteiger partial charge in [0.2, 0.25) is 5.65 Å². The van der Waals surface area contributed by atoms with Gasteiger partial charge < -0.3 is 10.1 Å². The summed E-state index contributed by atoms with van der Waals surface area (Å²) in [6.07, 6.45) is 5.34. The van der Waals surface area contributed by atoms with E-state index in [-0.39, 0.29) is 5.82 Å². The first-order valence-corrected chi connectivity index (χ1v) is 6.69. The van der Waals surface area contributed by atoms with Crippen LogP contribution >= 0.6 is 0 Å². The van der Waals surface area contributed by atoms with Crippen molar-refractivity contribution in [2.45, 2.75) is 13.8 Å². The van der Waals surface area contributed by atoms with Crippen molar-refractivity contribution < 1.29 is 9.13 Å². The fourth-order valence-electron chi connectivity index (χ4n) is 2.03. The second kappa shape index (κ2) is 5.40. The van der Waals surface area contributed by atoms with Crippen LogP contribution in [0.3, 0.4) is 0 Å². The van der Waals surface area contributed by atoms with Crippen LogP contribution in [0.5, 0.6) is 11.6 Å². The van der Waals surface area contributed by atoms with Crippen molar-refractivity contribution in [1.82, 2.24) is 14.4 Å². The van der Waals surface area contributed by atoms with Crippen molar-refractivity contribution in [2.75, 3.05) is 11.9 Å². The van der Waals surface area contributed by atoms with Crippen molar-refractivity contribution in [3.05, 3.63) is 48.2 Å². The van der Waals surface area contributed by atoms with Gasteiger partial charge in [-0.2, -0.15) is 4.98 Å². The van der Waals surface area contributed by atoms with E-state index in [0.29, 0.717) is 28.7 Å². The highest BCUT2D eigenvalue weighted by Gasteiger charge is 2.10. The Morgan fingerprint density at radius 3 is 3.00 bits per heavy atom. The molecule has 2 aromatic heterocycles. The summed E-state index contributed by atoms with van der Waals surface area (Å²) in [5.41, 5.74) is 1.13. The molecular weight excluding hydrogens is 271 g/mol. The number of aryl methyl sites for hydroxylation is 1. The summed E-state index contributed by atoms with van der Waals surface area (Å²) in [4.78, 5) is 8.63. The van der Waals surface area contributed by atoms with E-state index in [9.17, 15) is 4.39 Å². The lowest BCUT2D eigenvalue weighted by atomic mass is 10.2. The van der Waals surface area contributed by atoms with E-state index in [1.807, 2.05) is 23.7 Å². The molecule has 0 aliphatic carbocycles. The zero-order valence-corrected chi connectivity index (χ0v) is 11.8. The van der Waals surface area contributed by atoms with Crippen LogP contribution in [0, 0.1) is 12.7 Å². The Labute approximate surface area is 121 Å². The van der Waals surface area contributed by atoms with Gasteiger partial charge in [0.15, 0.2) is 0 Å². The molecule has 3 aromatic rings. The molecule has 0 fully saturated rings. The van der Waals surface area contributed by atoms with E-state index in [0.717, 1.165) is 6.54 Å². The highest BCUT2D eigenvalue weighted by Crippen LogP contribution is 2.26. The van der Waals surface area contributed by atoms with Gasteiger partial charge >= 0.3 is 0 Å². The van der Waals surface area contributed by atoms with Gasteiger partial charge in [-0.3, -0.25) is 4.40 Å². The zero-order chi connectivity index (χ0) is 14.8. The normalized spacial score (nSPS) is 10.8. The molecule has 6 heteroatoms. The van der Waals surface area contributed by atoms with Crippen LogP contribution in [0.4, 0.5) is 10.2 Å². The number of ether oxygens (including phenoxy) is 1. The molecule has 1 N–H and O–H groups in total. The van der Waals surface area contributed by atoms with Crippen molar-refractivity contribution in [3.8, 4) is 11.6 Å². The predicted molar refractivity (Wildman–Crippen MR) is 78.4 cm³/mol. The van der Waals surface area contributed by atoms with Crippen LogP contribution in [0.1, 0.15) is 12.5 Å². The van der Waals surface area contributed by atoms with Gasteiger partial charge in [-0.1, -0.05) is 0 Å². The molecule has 3 rings (SSSR count). The summed E-state index contributed by atoms with van der Waals surface area (Å²) in [5.74, 6) is 1.34. The molecule has 0 spiro atoms. The van der Waals surface area contributed by atoms with Crippen LogP contribution in [-0.4, -0.2) is 20.9 Å². The Morgan fingerprint density at radius 1 is 1.38 bits per heavy atom. The minimum atomic E-state index is -0.261. The summed E-state index contributed by atoms with van der Waals surface area (Å²) < 4.78 is 20.9. The largest absolute Gasteiger partial charge is 0.436 e. The van der Waals surface area contributed by atoms with Crippen LogP contribution in [0.15, 0.2) is 36.8 Å². The smallest absolute Gasteiger partial charge is 0.265 e. The average molecular weight is 286 g/mol. The molecule has 0 saturated carbocycles. The van der Waals surface area contributed by atoms with Gasteiger partial charge in [0.05, 0.1) is 6.20 Å². The number of imidazole rings is 1. The summed E-state index contributed by atoms with van der Waals surface area (Å²) >= 11 is 0. The predicted octanol–water partition coefficient (Wildman–Crippen LogP) is 3.40. The second-order valence-corrected chi connectivity index (χ2v) is 4.63. The number of rotatable bonds is 4. The van der Waals surface area contributed by atoms with E-state index in [4.69, 9.17) is 4.74 Å². The second-order valence-electron chi connectivity index (χ2n) is 4.63. The zero-order valence-electron chi connectivity index (χ0n) is 11.8. The van der Waals surface area contributed by atoms with E-state index in [2.05, 4.69) is 15.3 Å². The molecule has 1 aromatic carbocycles. The van der Waals surface area contributed by atoms with Gasteiger partial charge in [0.1, 0.15) is 17.4 Å². The van der Waals surface area contributed by atoms with Gasteiger partial charge in [-0.15, -0.1) is 0 Å². The van der Waals surface area contributed by atoms with Crippen LogP contribution < -0.4 is 10.1 Å². The van der Waals surface area contributed by atoms with Crippen LogP contribution in [-0.2, 0) is 0 Å². The fraction of sp³-hybridized carbons (Fsp3) is 0.200. The number of hydrogen-bond donors (Lipinski definition) is 1. The van der Waals surface area contributed by atoms with Gasteiger partial charge in [0, 0.05) is 18.9 Å². The number of anilines is 1. The first-order chi connectivity index (χ1) is 10.2. The lowest BCUT2D eigenvalue weighted by Gasteiger charge is -2.10. The number of nitrogens with one attached hydrogen (secondary N) is 1. The lowest BCUT2D eigenvalue weighted by molar-refractivity contribution is 0.463. The van der Waals surface area contributed by atoms with Crippen LogP contribution in [0.2, 0.25) is 0 Å². The molecule has 5 nitrogen and oxygen atoms in total. The Bertz CT molecular complexity index is 784. The first kappa shape index (κ1) is 13.4. The molecular formula is C15H15FN4O. The monoisotopic (exact) mass is 286 g/mol. The molecule has 0 aliphatic rings. The number of fused-ring (bicyclic) bond motifs is 1. The summed E-state index contributed by atoms with van der Waals surface area (Å²) in [6.45, 7) is 4.43. The van der Waals surface area contributed by atoms with E-state index in [1.165, 1.54) is 6.07 Å². The third-order valence-corrected chi connectivity index (χ3v) is 3.05. The third kappa shape index (κ3) is 2.65. The summed E-state index contributed by atoms with van der Waals surface area (Å²) in [7, 11) is 0. The summed E-state index contributed by atoms with van der Waals surface area (Å²) in [6, 6.07) is 4.58. The minimum absolute atomic E-state index is 0.261. The Balaban J connectivity index is 2.01. The fourth-order valence-corrected chi connectivity index (χ4v) is 2.03. The van der Waals surface area contributed by atoms with E-state index in [1.54, 1.807) is 25.3 Å². The quantitative estimate of drug-likeness (QED) is 0.798. The van der Waals surface area contributed by atoms with Crippen molar-refractivity contribution in [2.24, 2.45) is 0 Å². The maximum atomic E-state index is 13.3. The molecule has 0 saturated heterocycles. The highest BCUT2D eigenvalue weighted by molar-refractivity contribution is 5.55. The number of hydrogen-bond acceptors (Lipinski definition) is 4. The van der Waals surface area contributed by atoms with E-state index >= 15 is 0 Å². The Kier molecular flexibility index (Phi) is 3.43. The van der Waals surface area contributed by atoms with Crippen LogP contribution in [0.25, 0.3) is 5.65 Å². The summed E-state index contributed by atoms with van der Waals surface area (Å²) in [5, 5.41) is 3.14. The number of halogens is 1. The maximum absolute atomic E-state index is 13.3. The molecule has 2 heterocycles.